The van der Waals surface area contributed by atoms with E-state index in [4.69, 9.17) is 0 Å². The molecule has 0 spiro atoms. The third-order valence-corrected chi connectivity index (χ3v) is 4.56. The minimum absolute atomic E-state index is 0.268. The molecule has 1 unspecified atom stereocenters. The Morgan fingerprint density at radius 1 is 1.28 bits per heavy atom. The van der Waals surface area contributed by atoms with Crippen LogP contribution in [-0.2, 0) is 13.5 Å². The van der Waals surface area contributed by atoms with Gasteiger partial charge in [0.05, 0.1) is 22.0 Å². The third kappa shape index (κ3) is 3.82. The highest BCUT2D eigenvalue weighted by atomic mass is 79.9. The highest BCUT2D eigenvalue weighted by Gasteiger charge is 2.21. The molecule has 1 aromatic rings. The van der Waals surface area contributed by atoms with E-state index in [2.05, 4.69) is 34.9 Å². The fourth-order valence-corrected chi connectivity index (χ4v) is 3.04. The Bertz CT molecular complexity index is 370. The van der Waals surface area contributed by atoms with Gasteiger partial charge in [0.15, 0.2) is 0 Å². The first-order valence-electron chi connectivity index (χ1n) is 6.87. The van der Waals surface area contributed by atoms with Crippen LogP contribution >= 0.6 is 15.9 Å². The summed E-state index contributed by atoms with van der Waals surface area (Å²) >= 11 is 3.56. The molecule has 1 aromatic heterocycles. The maximum Gasteiger partial charge on any atom is 0.0738 e. The first-order valence-corrected chi connectivity index (χ1v) is 7.66. The largest absolute Gasteiger partial charge is 0.392 e. The number of aromatic nitrogens is 2. The molecule has 104 valence electrons. The van der Waals surface area contributed by atoms with Crippen LogP contribution in [0.4, 0.5) is 0 Å². The lowest BCUT2D eigenvalue weighted by Gasteiger charge is -2.22. The summed E-state index contributed by atoms with van der Waals surface area (Å²) in [7, 11) is 1.94. The van der Waals surface area contributed by atoms with E-state index in [9.17, 15) is 5.11 Å². The SMILES string of the molecule is CCCC(CCC)C(O)Cc1c(Br)c(C)nn1C. The Balaban J connectivity index is 2.75. The molecule has 0 radical (unpaired) electrons. The van der Waals surface area contributed by atoms with Crippen LogP contribution in [-0.4, -0.2) is 21.0 Å². The van der Waals surface area contributed by atoms with E-state index >= 15 is 0 Å². The van der Waals surface area contributed by atoms with Gasteiger partial charge in [0, 0.05) is 13.5 Å². The molecule has 1 heterocycles. The second kappa shape index (κ2) is 7.29. The van der Waals surface area contributed by atoms with Crippen molar-refractivity contribution in [1.82, 2.24) is 9.78 Å². The van der Waals surface area contributed by atoms with Gasteiger partial charge in [-0.05, 0) is 41.6 Å². The lowest BCUT2D eigenvalue weighted by atomic mass is 9.90. The standard InChI is InChI=1S/C14H25BrN2O/c1-5-7-11(8-6-2)13(18)9-12-14(15)10(3)16-17(12)4/h11,13,18H,5-9H2,1-4H3. The summed E-state index contributed by atoms with van der Waals surface area (Å²) < 4.78 is 2.91. The van der Waals surface area contributed by atoms with Crippen molar-refractivity contribution in [3.63, 3.8) is 0 Å². The third-order valence-electron chi connectivity index (χ3n) is 3.53. The monoisotopic (exact) mass is 316 g/mol. The van der Waals surface area contributed by atoms with Crippen LogP contribution in [0.2, 0.25) is 0 Å². The van der Waals surface area contributed by atoms with Crippen molar-refractivity contribution in [2.45, 2.75) is 59.0 Å². The average molecular weight is 317 g/mol. The summed E-state index contributed by atoms with van der Waals surface area (Å²) in [4.78, 5) is 0. The number of aliphatic hydroxyl groups is 1. The molecule has 0 amide bonds. The van der Waals surface area contributed by atoms with E-state index in [-0.39, 0.29) is 6.10 Å². The van der Waals surface area contributed by atoms with Crippen molar-refractivity contribution in [3.8, 4) is 0 Å². The molecule has 3 nitrogen and oxygen atoms in total. The van der Waals surface area contributed by atoms with E-state index in [1.165, 1.54) is 0 Å². The maximum atomic E-state index is 10.4. The predicted octanol–water partition coefficient (Wildman–Crippen LogP) is 3.61. The number of hydrogen-bond donors (Lipinski definition) is 1. The summed E-state index contributed by atoms with van der Waals surface area (Å²) in [6.07, 6.45) is 4.88. The number of aryl methyl sites for hydroxylation is 2. The Morgan fingerprint density at radius 3 is 2.22 bits per heavy atom. The molecular weight excluding hydrogens is 292 g/mol. The van der Waals surface area contributed by atoms with E-state index in [1.807, 2.05) is 18.7 Å². The number of rotatable bonds is 7. The molecule has 0 fully saturated rings. The molecule has 1 N–H and O–H groups in total. The minimum Gasteiger partial charge on any atom is -0.392 e. The van der Waals surface area contributed by atoms with Gasteiger partial charge in [-0.1, -0.05) is 26.7 Å². The molecule has 0 aliphatic carbocycles. The topological polar surface area (TPSA) is 38.1 Å². The molecule has 4 heteroatoms. The van der Waals surface area contributed by atoms with Gasteiger partial charge in [0.1, 0.15) is 0 Å². The second-order valence-electron chi connectivity index (χ2n) is 5.08. The molecule has 0 saturated heterocycles. The van der Waals surface area contributed by atoms with E-state index < -0.39 is 0 Å². The van der Waals surface area contributed by atoms with Gasteiger partial charge < -0.3 is 5.11 Å². The maximum absolute atomic E-state index is 10.4. The summed E-state index contributed by atoms with van der Waals surface area (Å²) in [5, 5.41) is 14.8. The summed E-state index contributed by atoms with van der Waals surface area (Å²) in [5.41, 5.74) is 2.08. The van der Waals surface area contributed by atoms with Gasteiger partial charge in [-0.15, -0.1) is 0 Å². The number of hydrogen-bond acceptors (Lipinski definition) is 2. The molecule has 0 aliphatic rings. The Morgan fingerprint density at radius 2 is 1.83 bits per heavy atom. The minimum atomic E-state index is -0.268. The fraction of sp³-hybridized carbons (Fsp3) is 0.786. The van der Waals surface area contributed by atoms with Gasteiger partial charge in [-0.2, -0.15) is 5.10 Å². The van der Waals surface area contributed by atoms with Gasteiger partial charge in [-0.3, -0.25) is 4.68 Å². The normalized spacial score (nSPS) is 13.3. The van der Waals surface area contributed by atoms with Gasteiger partial charge >= 0.3 is 0 Å². The molecule has 18 heavy (non-hydrogen) atoms. The van der Waals surface area contributed by atoms with Crippen LogP contribution in [0.25, 0.3) is 0 Å². The molecule has 0 bridgehead atoms. The molecule has 0 saturated carbocycles. The van der Waals surface area contributed by atoms with E-state index in [0.717, 1.165) is 41.5 Å². The Labute approximate surface area is 119 Å². The Kier molecular flexibility index (Phi) is 6.36. The molecule has 0 aliphatic heterocycles. The van der Waals surface area contributed by atoms with Crippen LogP contribution in [0.3, 0.4) is 0 Å². The highest BCUT2D eigenvalue weighted by Crippen LogP contribution is 2.26. The van der Waals surface area contributed by atoms with E-state index in [1.54, 1.807) is 0 Å². The quantitative estimate of drug-likeness (QED) is 0.834. The molecule has 0 aromatic carbocycles. The predicted molar refractivity (Wildman–Crippen MR) is 78.7 cm³/mol. The zero-order valence-corrected chi connectivity index (χ0v) is 13.5. The van der Waals surface area contributed by atoms with E-state index in [0.29, 0.717) is 12.3 Å². The first kappa shape index (κ1) is 15.7. The van der Waals surface area contributed by atoms with Crippen LogP contribution in [0.15, 0.2) is 4.47 Å². The van der Waals surface area contributed by atoms with Gasteiger partial charge in [0.25, 0.3) is 0 Å². The molecular formula is C14H25BrN2O. The molecule has 1 rings (SSSR count). The van der Waals surface area contributed by atoms with Crippen LogP contribution in [0.5, 0.6) is 0 Å². The summed E-state index contributed by atoms with van der Waals surface area (Å²) in [6.45, 7) is 6.34. The zero-order valence-electron chi connectivity index (χ0n) is 11.9. The van der Waals surface area contributed by atoms with Crippen LogP contribution in [0.1, 0.15) is 50.9 Å². The van der Waals surface area contributed by atoms with Crippen LogP contribution < -0.4 is 0 Å². The van der Waals surface area contributed by atoms with Crippen LogP contribution in [0, 0.1) is 12.8 Å². The van der Waals surface area contributed by atoms with Gasteiger partial charge in [-0.25, -0.2) is 0 Å². The van der Waals surface area contributed by atoms with Crippen molar-refractivity contribution in [2.24, 2.45) is 13.0 Å². The lowest BCUT2D eigenvalue weighted by molar-refractivity contribution is 0.0944. The smallest absolute Gasteiger partial charge is 0.0738 e. The summed E-state index contributed by atoms with van der Waals surface area (Å²) in [5.74, 6) is 0.405. The fourth-order valence-electron chi connectivity index (χ4n) is 2.54. The summed E-state index contributed by atoms with van der Waals surface area (Å²) in [6, 6.07) is 0. The zero-order chi connectivity index (χ0) is 13.7. The first-order chi connectivity index (χ1) is 8.51. The highest BCUT2D eigenvalue weighted by molar-refractivity contribution is 9.10. The molecule has 1 atom stereocenters. The van der Waals surface area contributed by atoms with Crippen molar-refractivity contribution < 1.29 is 5.11 Å². The van der Waals surface area contributed by atoms with Crippen molar-refractivity contribution in [1.29, 1.82) is 0 Å². The van der Waals surface area contributed by atoms with Crippen molar-refractivity contribution in [2.75, 3.05) is 0 Å². The van der Waals surface area contributed by atoms with Crippen molar-refractivity contribution >= 4 is 15.9 Å². The lowest BCUT2D eigenvalue weighted by Crippen LogP contribution is -2.24. The number of aliphatic hydroxyl groups excluding tert-OH is 1. The number of nitrogens with zero attached hydrogens (tertiary/aromatic N) is 2. The second-order valence-corrected chi connectivity index (χ2v) is 5.87. The van der Waals surface area contributed by atoms with Gasteiger partial charge in [0.2, 0.25) is 0 Å². The average Bonchev–Trinajstić information content (AvgIpc) is 2.55. The van der Waals surface area contributed by atoms with Crippen molar-refractivity contribution in [3.05, 3.63) is 15.9 Å². The Hall–Kier alpha value is -0.350. The number of halogens is 1.